The van der Waals surface area contributed by atoms with Gasteiger partial charge in [-0.2, -0.15) is 0 Å². The zero-order chi connectivity index (χ0) is 24.7. The SMILES string of the molecule is CN(C)c1c(F)cc(-c2csc(NC(=O)Cc3cncc4c3c(=O)n(C)c(=O)n4C)n2)cc1F. The second-order valence-corrected chi connectivity index (χ2v) is 8.70. The quantitative estimate of drug-likeness (QED) is 0.465. The number of hydrogen-bond donors (Lipinski definition) is 1. The predicted molar refractivity (Wildman–Crippen MR) is 126 cm³/mol. The molecule has 176 valence electrons. The van der Waals surface area contributed by atoms with Crippen LogP contribution in [0, 0.1) is 11.6 Å². The summed E-state index contributed by atoms with van der Waals surface area (Å²) < 4.78 is 30.9. The first kappa shape index (κ1) is 23.2. The maximum Gasteiger partial charge on any atom is 0.330 e. The molecule has 1 N–H and O–H groups in total. The first-order chi connectivity index (χ1) is 16.1. The maximum absolute atomic E-state index is 14.3. The van der Waals surface area contributed by atoms with E-state index in [-0.39, 0.29) is 28.2 Å². The molecule has 0 aliphatic rings. The summed E-state index contributed by atoms with van der Waals surface area (Å²) in [5, 5.41) is 4.66. The number of nitrogens with one attached hydrogen (secondary N) is 1. The van der Waals surface area contributed by atoms with E-state index in [1.165, 1.54) is 48.1 Å². The summed E-state index contributed by atoms with van der Waals surface area (Å²) in [4.78, 5) is 47.1. The number of rotatable bonds is 5. The minimum Gasteiger partial charge on any atom is -0.373 e. The standard InChI is InChI=1S/C22H20F2N6O3S/c1-28(2)19-13(23)5-11(6-14(19)24)15-10-34-21(26-15)27-17(31)7-12-8-25-9-16-18(12)20(32)30(4)22(33)29(16)3/h5-6,8-10H,7H2,1-4H3,(H,26,27,31). The van der Waals surface area contributed by atoms with Crippen LogP contribution in [-0.4, -0.2) is 39.1 Å². The minimum atomic E-state index is -0.724. The number of benzene rings is 1. The van der Waals surface area contributed by atoms with Crippen molar-refractivity contribution >= 4 is 39.0 Å². The molecule has 34 heavy (non-hydrogen) atoms. The van der Waals surface area contributed by atoms with E-state index in [9.17, 15) is 23.2 Å². The molecule has 4 aromatic rings. The smallest absolute Gasteiger partial charge is 0.330 e. The molecule has 0 saturated heterocycles. The van der Waals surface area contributed by atoms with Gasteiger partial charge in [-0.15, -0.1) is 11.3 Å². The molecule has 12 heteroatoms. The van der Waals surface area contributed by atoms with E-state index in [0.717, 1.165) is 15.9 Å². The van der Waals surface area contributed by atoms with Gasteiger partial charge in [0.25, 0.3) is 5.56 Å². The lowest BCUT2D eigenvalue weighted by molar-refractivity contribution is -0.115. The molecule has 0 unspecified atom stereocenters. The van der Waals surface area contributed by atoms with Gasteiger partial charge in [0.1, 0.15) is 17.3 Å². The lowest BCUT2D eigenvalue weighted by Gasteiger charge is -2.15. The molecule has 4 rings (SSSR count). The number of thiazole rings is 1. The van der Waals surface area contributed by atoms with E-state index < -0.39 is 28.8 Å². The summed E-state index contributed by atoms with van der Waals surface area (Å²) in [5.74, 6) is -1.91. The largest absolute Gasteiger partial charge is 0.373 e. The number of carbonyl (C=O) groups is 1. The number of nitrogens with zero attached hydrogens (tertiary/aromatic N) is 5. The fourth-order valence-electron chi connectivity index (χ4n) is 3.65. The van der Waals surface area contributed by atoms with Crippen LogP contribution in [0.2, 0.25) is 0 Å². The van der Waals surface area contributed by atoms with Crippen molar-refractivity contribution in [3.05, 3.63) is 67.9 Å². The highest BCUT2D eigenvalue weighted by atomic mass is 32.1. The molecule has 0 fully saturated rings. The monoisotopic (exact) mass is 486 g/mol. The molecule has 0 aliphatic heterocycles. The van der Waals surface area contributed by atoms with Crippen LogP contribution in [0.4, 0.5) is 19.6 Å². The number of hydrogen-bond acceptors (Lipinski definition) is 7. The normalized spacial score (nSPS) is 11.1. The Labute approximate surface area is 195 Å². The Morgan fingerprint density at radius 3 is 2.44 bits per heavy atom. The maximum atomic E-state index is 14.3. The van der Waals surface area contributed by atoms with Gasteiger partial charge in [0.2, 0.25) is 5.91 Å². The van der Waals surface area contributed by atoms with Crippen molar-refractivity contribution in [2.24, 2.45) is 14.1 Å². The van der Waals surface area contributed by atoms with Crippen molar-refractivity contribution < 1.29 is 13.6 Å². The van der Waals surface area contributed by atoms with Crippen molar-refractivity contribution in [2.75, 3.05) is 24.3 Å². The Balaban J connectivity index is 1.59. The van der Waals surface area contributed by atoms with Crippen molar-refractivity contribution in [1.82, 2.24) is 19.1 Å². The van der Waals surface area contributed by atoms with Crippen LogP contribution in [0.25, 0.3) is 22.2 Å². The number of pyridine rings is 1. The second-order valence-electron chi connectivity index (χ2n) is 7.84. The molecule has 0 atom stereocenters. The van der Waals surface area contributed by atoms with Crippen molar-refractivity contribution in [2.45, 2.75) is 6.42 Å². The Morgan fingerprint density at radius 2 is 1.79 bits per heavy atom. The molecule has 1 amide bonds. The molecule has 3 heterocycles. The molecule has 0 radical (unpaired) electrons. The molecule has 1 aromatic carbocycles. The van der Waals surface area contributed by atoms with Gasteiger partial charge in [-0.3, -0.25) is 23.7 Å². The van der Waals surface area contributed by atoms with Crippen molar-refractivity contribution in [1.29, 1.82) is 0 Å². The van der Waals surface area contributed by atoms with Gasteiger partial charge in [0.15, 0.2) is 5.13 Å². The van der Waals surface area contributed by atoms with Crippen LogP contribution in [0.3, 0.4) is 0 Å². The summed E-state index contributed by atoms with van der Waals surface area (Å²) >= 11 is 1.09. The number of anilines is 2. The fourth-order valence-corrected chi connectivity index (χ4v) is 4.39. The van der Waals surface area contributed by atoms with E-state index in [1.807, 2.05) is 0 Å². The molecule has 0 aliphatic carbocycles. The fraction of sp³-hybridized carbons (Fsp3) is 0.227. The van der Waals surface area contributed by atoms with E-state index in [4.69, 9.17) is 0 Å². The van der Waals surface area contributed by atoms with E-state index in [1.54, 1.807) is 19.5 Å². The zero-order valence-corrected chi connectivity index (χ0v) is 19.5. The van der Waals surface area contributed by atoms with Crippen LogP contribution >= 0.6 is 11.3 Å². The number of halogens is 2. The molecule has 0 saturated carbocycles. The third-order valence-corrected chi connectivity index (χ3v) is 6.08. The topological polar surface area (TPSA) is 102 Å². The molecule has 0 bridgehead atoms. The molecular weight excluding hydrogens is 466 g/mol. The van der Waals surface area contributed by atoms with Gasteiger partial charge >= 0.3 is 5.69 Å². The van der Waals surface area contributed by atoms with Gasteiger partial charge < -0.3 is 10.2 Å². The molecule has 3 aromatic heterocycles. The Kier molecular flexibility index (Phi) is 6.00. The van der Waals surface area contributed by atoms with Gasteiger partial charge in [-0.1, -0.05) is 0 Å². The Morgan fingerprint density at radius 1 is 1.12 bits per heavy atom. The van der Waals surface area contributed by atoms with E-state index in [2.05, 4.69) is 15.3 Å². The third-order valence-electron chi connectivity index (χ3n) is 5.32. The highest BCUT2D eigenvalue weighted by molar-refractivity contribution is 7.14. The van der Waals surface area contributed by atoms with Gasteiger partial charge in [0.05, 0.1) is 29.2 Å². The lowest BCUT2D eigenvalue weighted by Crippen LogP contribution is -2.37. The van der Waals surface area contributed by atoms with Crippen molar-refractivity contribution in [3.8, 4) is 11.3 Å². The van der Waals surface area contributed by atoms with Crippen LogP contribution in [0.15, 0.2) is 39.5 Å². The highest BCUT2D eigenvalue weighted by Crippen LogP contribution is 2.30. The summed E-state index contributed by atoms with van der Waals surface area (Å²) in [5.41, 5.74) is 0.0401. The van der Waals surface area contributed by atoms with Gasteiger partial charge in [-0.05, 0) is 17.7 Å². The average Bonchev–Trinajstić information content (AvgIpc) is 3.23. The van der Waals surface area contributed by atoms with Gasteiger partial charge in [-0.25, -0.2) is 18.6 Å². The number of fused-ring (bicyclic) bond motifs is 1. The van der Waals surface area contributed by atoms with Crippen LogP contribution < -0.4 is 21.5 Å². The first-order valence-electron chi connectivity index (χ1n) is 10.0. The lowest BCUT2D eigenvalue weighted by atomic mass is 10.1. The first-order valence-corrected chi connectivity index (χ1v) is 10.9. The summed E-state index contributed by atoms with van der Waals surface area (Å²) in [6.45, 7) is 0. The number of aromatic nitrogens is 4. The Bertz CT molecular complexity index is 1530. The number of amides is 1. The summed E-state index contributed by atoms with van der Waals surface area (Å²) in [7, 11) is 5.96. The van der Waals surface area contributed by atoms with Crippen LogP contribution in [-0.2, 0) is 25.3 Å². The zero-order valence-electron chi connectivity index (χ0n) is 18.7. The van der Waals surface area contributed by atoms with Crippen LogP contribution in [0.5, 0.6) is 0 Å². The average molecular weight is 487 g/mol. The predicted octanol–water partition coefficient (Wildman–Crippen LogP) is 2.28. The number of carbonyl (C=O) groups excluding carboxylic acids is 1. The molecular formula is C22H20F2N6O3S. The van der Waals surface area contributed by atoms with E-state index in [0.29, 0.717) is 16.8 Å². The second kappa shape index (κ2) is 8.78. The molecule has 9 nitrogen and oxygen atoms in total. The minimum absolute atomic E-state index is 0.153. The summed E-state index contributed by atoms with van der Waals surface area (Å²) in [6, 6.07) is 2.36. The number of aryl methyl sites for hydroxylation is 1. The highest BCUT2D eigenvalue weighted by Gasteiger charge is 2.18. The van der Waals surface area contributed by atoms with E-state index >= 15 is 0 Å². The van der Waals surface area contributed by atoms with Crippen LogP contribution in [0.1, 0.15) is 5.56 Å². The Hall–Kier alpha value is -3.93. The third kappa shape index (κ3) is 4.07. The van der Waals surface area contributed by atoms with Gasteiger partial charge in [0, 0.05) is 45.3 Å². The summed E-state index contributed by atoms with van der Waals surface area (Å²) in [6.07, 6.45) is 2.61. The molecule has 0 spiro atoms. The van der Waals surface area contributed by atoms with Crippen molar-refractivity contribution in [3.63, 3.8) is 0 Å².